The summed E-state index contributed by atoms with van der Waals surface area (Å²) in [7, 11) is 1.60. The smallest absolute Gasteiger partial charge is 0.319 e. The summed E-state index contributed by atoms with van der Waals surface area (Å²) < 4.78 is 5.16. The maximum absolute atomic E-state index is 13.0. The van der Waals surface area contributed by atoms with Crippen LogP contribution >= 0.6 is 34.5 Å². The Morgan fingerprint density at radius 1 is 1.06 bits per heavy atom. The van der Waals surface area contributed by atoms with Crippen LogP contribution in [0, 0.1) is 5.92 Å². The highest BCUT2D eigenvalue weighted by atomic mass is 35.5. The van der Waals surface area contributed by atoms with Gasteiger partial charge in [0.1, 0.15) is 16.8 Å². The van der Waals surface area contributed by atoms with Crippen molar-refractivity contribution < 1.29 is 14.3 Å². The third-order valence-corrected chi connectivity index (χ3v) is 6.58. The second-order valence-corrected chi connectivity index (χ2v) is 9.01. The molecule has 0 saturated heterocycles. The number of rotatable bonds is 8. The van der Waals surface area contributed by atoms with Gasteiger partial charge >= 0.3 is 6.03 Å². The Bertz CT molecular complexity index is 1120. The summed E-state index contributed by atoms with van der Waals surface area (Å²) in [5, 5.41) is 18.0. The lowest BCUT2D eigenvalue weighted by molar-refractivity contribution is -0.119. The minimum atomic E-state index is -0.786. The maximum Gasteiger partial charge on any atom is 0.319 e. The number of anilines is 2. The van der Waals surface area contributed by atoms with E-state index in [0.717, 1.165) is 11.3 Å². The second-order valence-electron chi connectivity index (χ2n) is 7.22. The molecule has 2 unspecified atom stereocenters. The van der Waals surface area contributed by atoms with Crippen LogP contribution < -0.4 is 20.7 Å². The fourth-order valence-corrected chi connectivity index (χ4v) is 3.94. The van der Waals surface area contributed by atoms with Crippen molar-refractivity contribution in [3.63, 3.8) is 0 Å². The van der Waals surface area contributed by atoms with Crippen molar-refractivity contribution in [2.24, 2.45) is 5.92 Å². The van der Waals surface area contributed by atoms with E-state index in [1.54, 1.807) is 19.2 Å². The van der Waals surface area contributed by atoms with E-state index in [4.69, 9.17) is 27.9 Å². The SMILES string of the molecule is CCC(C)C(NC(=O)Nc1ccc(Cl)c(Cl)c1)C(=O)Nc1nnc(-c2ccc(OC)cc2)s1. The molecule has 2 atom stereocenters. The third kappa shape index (κ3) is 6.56. The van der Waals surface area contributed by atoms with Gasteiger partial charge in [-0.3, -0.25) is 10.1 Å². The van der Waals surface area contributed by atoms with E-state index in [9.17, 15) is 9.59 Å². The topological polar surface area (TPSA) is 105 Å². The summed E-state index contributed by atoms with van der Waals surface area (Å²) in [5.74, 6) is 0.225. The normalized spacial score (nSPS) is 12.5. The van der Waals surface area contributed by atoms with Crippen LogP contribution in [-0.4, -0.2) is 35.3 Å². The molecule has 11 heteroatoms. The Kier molecular flexibility index (Phi) is 8.49. The van der Waals surface area contributed by atoms with Gasteiger partial charge in [0.2, 0.25) is 11.0 Å². The molecule has 0 fully saturated rings. The van der Waals surface area contributed by atoms with Crippen molar-refractivity contribution in [3.8, 4) is 16.3 Å². The molecule has 0 bridgehead atoms. The van der Waals surface area contributed by atoms with E-state index in [0.29, 0.717) is 32.3 Å². The Morgan fingerprint density at radius 3 is 2.42 bits per heavy atom. The highest BCUT2D eigenvalue weighted by Crippen LogP contribution is 2.28. The number of carbonyl (C=O) groups is 2. The van der Waals surface area contributed by atoms with Crippen molar-refractivity contribution in [3.05, 3.63) is 52.5 Å². The van der Waals surface area contributed by atoms with Crippen LogP contribution in [-0.2, 0) is 4.79 Å². The van der Waals surface area contributed by atoms with Crippen molar-refractivity contribution in [1.82, 2.24) is 15.5 Å². The first kappa shape index (κ1) is 24.8. The fourth-order valence-electron chi connectivity index (χ4n) is 2.89. The van der Waals surface area contributed by atoms with Gasteiger partial charge in [-0.1, -0.05) is 54.8 Å². The summed E-state index contributed by atoms with van der Waals surface area (Å²) in [6.45, 7) is 3.82. The van der Waals surface area contributed by atoms with Crippen LogP contribution in [0.25, 0.3) is 10.6 Å². The van der Waals surface area contributed by atoms with Gasteiger partial charge in [-0.05, 0) is 48.4 Å². The standard InChI is InChI=1S/C22H23Cl2N5O3S/c1-4-12(2)18(26-21(31)25-14-7-10-16(23)17(24)11-14)19(30)27-22-29-28-20(33-22)13-5-8-15(32-3)9-6-13/h5-12,18H,4H2,1-3H3,(H2,25,26,31)(H,27,29,30). The third-order valence-electron chi connectivity index (χ3n) is 4.95. The highest BCUT2D eigenvalue weighted by molar-refractivity contribution is 7.18. The molecule has 0 spiro atoms. The molecular formula is C22H23Cl2N5O3S. The molecule has 2 aromatic carbocycles. The zero-order chi connectivity index (χ0) is 24.0. The number of carbonyl (C=O) groups excluding carboxylic acids is 2. The van der Waals surface area contributed by atoms with Crippen molar-refractivity contribution in [1.29, 1.82) is 0 Å². The molecule has 1 aromatic heterocycles. The summed E-state index contributed by atoms with van der Waals surface area (Å²) in [5.41, 5.74) is 1.31. The lowest BCUT2D eigenvalue weighted by Crippen LogP contribution is -2.49. The number of halogens is 2. The number of urea groups is 1. The van der Waals surface area contributed by atoms with Crippen molar-refractivity contribution >= 4 is 57.3 Å². The monoisotopic (exact) mass is 507 g/mol. The number of ether oxygens (including phenoxy) is 1. The van der Waals surface area contributed by atoms with Crippen LogP contribution in [0.4, 0.5) is 15.6 Å². The molecule has 174 valence electrons. The maximum atomic E-state index is 13.0. The first-order chi connectivity index (χ1) is 15.8. The molecule has 0 radical (unpaired) electrons. The van der Waals surface area contributed by atoms with Crippen LogP contribution in [0.15, 0.2) is 42.5 Å². The first-order valence-electron chi connectivity index (χ1n) is 10.1. The van der Waals surface area contributed by atoms with E-state index >= 15 is 0 Å². The predicted octanol–water partition coefficient (Wildman–Crippen LogP) is 5.70. The van der Waals surface area contributed by atoms with Gasteiger partial charge in [-0.25, -0.2) is 4.79 Å². The number of hydrogen-bond acceptors (Lipinski definition) is 6. The molecule has 0 saturated carbocycles. The van der Waals surface area contributed by atoms with Crippen LogP contribution in [0.5, 0.6) is 5.75 Å². The molecule has 33 heavy (non-hydrogen) atoms. The first-order valence-corrected chi connectivity index (χ1v) is 11.7. The summed E-state index contributed by atoms with van der Waals surface area (Å²) in [6, 6.07) is 10.8. The van der Waals surface area contributed by atoms with Gasteiger partial charge in [0.15, 0.2) is 0 Å². The number of methoxy groups -OCH3 is 1. The van der Waals surface area contributed by atoms with Gasteiger partial charge in [0.05, 0.1) is 17.2 Å². The van der Waals surface area contributed by atoms with Gasteiger partial charge < -0.3 is 15.4 Å². The number of benzene rings is 2. The van der Waals surface area contributed by atoms with E-state index in [-0.39, 0.29) is 11.8 Å². The van der Waals surface area contributed by atoms with E-state index in [2.05, 4.69) is 26.1 Å². The Morgan fingerprint density at radius 2 is 1.79 bits per heavy atom. The van der Waals surface area contributed by atoms with E-state index in [1.165, 1.54) is 17.4 Å². The molecule has 1 heterocycles. The molecule has 0 aliphatic carbocycles. The average molecular weight is 508 g/mol. The van der Waals surface area contributed by atoms with Gasteiger partial charge in [0.25, 0.3) is 0 Å². The number of amides is 3. The van der Waals surface area contributed by atoms with E-state index in [1.807, 2.05) is 38.1 Å². The van der Waals surface area contributed by atoms with E-state index < -0.39 is 12.1 Å². The van der Waals surface area contributed by atoms with Crippen LogP contribution in [0.3, 0.4) is 0 Å². The molecule has 3 aromatic rings. The van der Waals surface area contributed by atoms with Gasteiger partial charge in [0, 0.05) is 11.3 Å². The van der Waals surface area contributed by atoms with Gasteiger partial charge in [-0.15, -0.1) is 10.2 Å². The zero-order valence-electron chi connectivity index (χ0n) is 18.2. The predicted molar refractivity (Wildman–Crippen MR) is 132 cm³/mol. The largest absolute Gasteiger partial charge is 0.497 e. The van der Waals surface area contributed by atoms with Gasteiger partial charge in [-0.2, -0.15) is 0 Å². The quantitative estimate of drug-likeness (QED) is 0.362. The summed E-state index contributed by atoms with van der Waals surface area (Å²) >= 11 is 13.1. The summed E-state index contributed by atoms with van der Waals surface area (Å²) in [6.07, 6.45) is 0.679. The van der Waals surface area contributed by atoms with Crippen LogP contribution in [0.2, 0.25) is 10.0 Å². The minimum Gasteiger partial charge on any atom is -0.497 e. The molecule has 3 amide bonds. The number of hydrogen-bond donors (Lipinski definition) is 3. The Balaban J connectivity index is 1.67. The lowest BCUT2D eigenvalue weighted by atomic mass is 9.98. The molecule has 8 nitrogen and oxygen atoms in total. The zero-order valence-corrected chi connectivity index (χ0v) is 20.5. The second kappa shape index (κ2) is 11.3. The number of nitrogens with one attached hydrogen (secondary N) is 3. The molecule has 3 rings (SSSR count). The molecule has 3 N–H and O–H groups in total. The molecular weight excluding hydrogens is 485 g/mol. The molecule has 0 aliphatic heterocycles. The van der Waals surface area contributed by atoms with Crippen LogP contribution in [0.1, 0.15) is 20.3 Å². The highest BCUT2D eigenvalue weighted by Gasteiger charge is 2.27. The average Bonchev–Trinajstić information content (AvgIpc) is 3.27. The Labute approximate surface area is 205 Å². The minimum absolute atomic E-state index is 0.126. The Hall–Kier alpha value is -2.88. The number of aromatic nitrogens is 2. The number of nitrogens with zero attached hydrogens (tertiary/aromatic N) is 2. The van der Waals surface area contributed by atoms with Crippen molar-refractivity contribution in [2.45, 2.75) is 26.3 Å². The summed E-state index contributed by atoms with van der Waals surface area (Å²) in [4.78, 5) is 25.5. The molecule has 0 aliphatic rings. The van der Waals surface area contributed by atoms with Crippen molar-refractivity contribution in [2.75, 3.05) is 17.7 Å². The lowest BCUT2D eigenvalue weighted by Gasteiger charge is -2.23. The fraction of sp³-hybridized carbons (Fsp3) is 0.273.